The van der Waals surface area contributed by atoms with Crippen LogP contribution in [0.1, 0.15) is 21.9 Å². The van der Waals surface area contributed by atoms with Crippen LogP contribution in [0.25, 0.3) is 12.2 Å². The predicted octanol–water partition coefficient (Wildman–Crippen LogP) is 3.35. The molecule has 0 spiro atoms. The zero-order chi connectivity index (χ0) is 15.9. The molecule has 0 fully saturated rings. The molecule has 2 rings (SSSR count). The van der Waals surface area contributed by atoms with Crippen molar-refractivity contribution in [3.8, 4) is 0 Å². The van der Waals surface area contributed by atoms with Gasteiger partial charge in [0.2, 0.25) is 0 Å². The second kappa shape index (κ2) is 7.40. The van der Waals surface area contributed by atoms with Crippen molar-refractivity contribution in [1.29, 1.82) is 0 Å². The quantitative estimate of drug-likeness (QED) is 0.383. The second-order valence-corrected chi connectivity index (χ2v) is 4.69. The van der Waals surface area contributed by atoms with Crippen LogP contribution in [-0.4, -0.2) is 16.9 Å². The number of ketones is 1. The standard InChI is InChI=1S/C16H12ClNO4/c17-12-3-1-11(2-4-12)15(19)9-7-13-5-6-14(22-13)8-10-16(20)18-21/h1-10,21H,(H,18,20)/b9-7+,10-8+. The van der Waals surface area contributed by atoms with Crippen molar-refractivity contribution in [2.24, 2.45) is 0 Å². The van der Waals surface area contributed by atoms with Crippen LogP contribution in [0, 0.1) is 0 Å². The van der Waals surface area contributed by atoms with E-state index in [1.54, 1.807) is 36.4 Å². The van der Waals surface area contributed by atoms with Crippen molar-refractivity contribution in [3.05, 3.63) is 70.7 Å². The molecule has 0 aliphatic rings. The van der Waals surface area contributed by atoms with Crippen LogP contribution in [-0.2, 0) is 4.79 Å². The molecular formula is C16H12ClNO4. The fourth-order valence-electron chi connectivity index (χ4n) is 1.61. The third-order valence-corrected chi connectivity index (χ3v) is 2.94. The van der Waals surface area contributed by atoms with Gasteiger partial charge in [0.1, 0.15) is 11.5 Å². The van der Waals surface area contributed by atoms with Gasteiger partial charge in [-0.05, 0) is 54.6 Å². The maximum absolute atomic E-state index is 11.9. The molecule has 2 aromatic rings. The first kappa shape index (κ1) is 15.8. The Morgan fingerprint density at radius 3 is 2.18 bits per heavy atom. The number of hydrogen-bond donors (Lipinski definition) is 2. The largest absolute Gasteiger partial charge is 0.457 e. The van der Waals surface area contributed by atoms with E-state index in [1.165, 1.54) is 23.7 Å². The van der Waals surface area contributed by atoms with E-state index in [9.17, 15) is 9.59 Å². The Balaban J connectivity index is 2.03. The molecule has 0 saturated heterocycles. The van der Waals surface area contributed by atoms with Crippen molar-refractivity contribution in [2.75, 3.05) is 0 Å². The average Bonchev–Trinajstić information content (AvgIpc) is 2.99. The summed E-state index contributed by atoms with van der Waals surface area (Å²) in [6.07, 6.45) is 5.42. The van der Waals surface area contributed by atoms with Crippen molar-refractivity contribution >= 4 is 35.4 Å². The number of furan rings is 1. The first-order chi connectivity index (χ1) is 10.6. The van der Waals surface area contributed by atoms with Gasteiger partial charge < -0.3 is 4.42 Å². The van der Waals surface area contributed by atoms with E-state index in [2.05, 4.69) is 0 Å². The first-order valence-electron chi connectivity index (χ1n) is 6.28. The number of carbonyl (C=O) groups is 2. The number of hydrogen-bond acceptors (Lipinski definition) is 4. The van der Waals surface area contributed by atoms with E-state index in [4.69, 9.17) is 21.2 Å². The number of rotatable bonds is 5. The molecule has 0 aliphatic carbocycles. The average molecular weight is 318 g/mol. The SMILES string of the molecule is O=C(/C=C/c1ccc(/C=C/C(=O)c2ccc(Cl)cc2)o1)NO. The van der Waals surface area contributed by atoms with Crippen LogP contribution >= 0.6 is 11.6 Å². The Morgan fingerprint density at radius 2 is 1.59 bits per heavy atom. The first-order valence-corrected chi connectivity index (χ1v) is 6.66. The van der Waals surface area contributed by atoms with E-state index in [-0.39, 0.29) is 5.78 Å². The highest BCUT2D eigenvalue weighted by molar-refractivity contribution is 6.30. The van der Waals surface area contributed by atoms with Crippen molar-refractivity contribution in [2.45, 2.75) is 0 Å². The predicted molar refractivity (Wildman–Crippen MR) is 82.5 cm³/mol. The van der Waals surface area contributed by atoms with E-state index in [0.717, 1.165) is 6.08 Å². The summed E-state index contributed by atoms with van der Waals surface area (Å²) in [6.45, 7) is 0. The number of hydroxylamine groups is 1. The summed E-state index contributed by atoms with van der Waals surface area (Å²) in [5.74, 6) is 0.0461. The number of benzene rings is 1. The highest BCUT2D eigenvalue weighted by Crippen LogP contribution is 2.13. The van der Waals surface area contributed by atoms with Gasteiger partial charge in [-0.2, -0.15) is 0 Å². The molecule has 0 bridgehead atoms. The zero-order valence-corrected chi connectivity index (χ0v) is 12.1. The summed E-state index contributed by atoms with van der Waals surface area (Å²) in [5.41, 5.74) is 1.99. The molecule has 0 radical (unpaired) electrons. The van der Waals surface area contributed by atoms with E-state index in [0.29, 0.717) is 22.1 Å². The fourth-order valence-corrected chi connectivity index (χ4v) is 1.74. The minimum absolute atomic E-state index is 0.176. The smallest absolute Gasteiger partial charge is 0.267 e. The number of amides is 1. The lowest BCUT2D eigenvalue weighted by Gasteiger charge is -1.95. The highest BCUT2D eigenvalue weighted by Gasteiger charge is 2.02. The molecule has 0 atom stereocenters. The lowest BCUT2D eigenvalue weighted by Crippen LogP contribution is -2.14. The Morgan fingerprint density at radius 1 is 1.00 bits per heavy atom. The molecule has 1 amide bonds. The Kier molecular flexibility index (Phi) is 5.30. The molecule has 1 aromatic heterocycles. The zero-order valence-electron chi connectivity index (χ0n) is 11.3. The molecule has 0 unspecified atom stereocenters. The van der Waals surface area contributed by atoms with Crippen molar-refractivity contribution < 1.29 is 19.2 Å². The number of carbonyl (C=O) groups excluding carboxylic acids is 2. The van der Waals surface area contributed by atoms with Gasteiger partial charge in [-0.3, -0.25) is 14.8 Å². The van der Waals surface area contributed by atoms with Crippen LogP contribution in [0.4, 0.5) is 0 Å². The van der Waals surface area contributed by atoms with Gasteiger partial charge in [-0.25, -0.2) is 5.48 Å². The summed E-state index contributed by atoms with van der Waals surface area (Å²) < 4.78 is 5.38. The van der Waals surface area contributed by atoms with Gasteiger partial charge in [0, 0.05) is 16.7 Å². The lowest BCUT2D eigenvalue weighted by atomic mass is 10.1. The molecule has 22 heavy (non-hydrogen) atoms. The minimum Gasteiger partial charge on any atom is -0.457 e. The van der Waals surface area contributed by atoms with Crippen LogP contribution in [0.15, 0.2) is 53.0 Å². The number of halogens is 1. The highest BCUT2D eigenvalue weighted by atomic mass is 35.5. The van der Waals surface area contributed by atoms with Crippen LogP contribution in [0.3, 0.4) is 0 Å². The molecular weight excluding hydrogens is 306 g/mol. The fraction of sp³-hybridized carbons (Fsp3) is 0. The third-order valence-electron chi connectivity index (χ3n) is 2.68. The van der Waals surface area contributed by atoms with Crippen molar-refractivity contribution in [1.82, 2.24) is 5.48 Å². The number of allylic oxidation sites excluding steroid dienone is 1. The van der Waals surface area contributed by atoms with Gasteiger partial charge in [-0.15, -0.1) is 0 Å². The van der Waals surface area contributed by atoms with Crippen LogP contribution in [0.5, 0.6) is 0 Å². The normalized spacial score (nSPS) is 11.2. The summed E-state index contributed by atoms with van der Waals surface area (Å²) in [5, 5.41) is 8.92. The van der Waals surface area contributed by atoms with Crippen LogP contribution < -0.4 is 5.48 Å². The molecule has 6 heteroatoms. The topological polar surface area (TPSA) is 79.5 Å². The molecule has 0 aliphatic heterocycles. The molecule has 112 valence electrons. The Hall–Kier alpha value is -2.63. The molecule has 1 aromatic carbocycles. The molecule has 5 nitrogen and oxygen atoms in total. The third kappa shape index (κ3) is 4.44. The minimum atomic E-state index is -0.661. The molecule has 0 saturated carbocycles. The molecule has 1 heterocycles. The van der Waals surface area contributed by atoms with Crippen molar-refractivity contribution in [3.63, 3.8) is 0 Å². The summed E-state index contributed by atoms with van der Waals surface area (Å²) in [6, 6.07) is 9.85. The monoisotopic (exact) mass is 317 g/mol. The molecule has 2 N–H and O–H groups in total. The van der Waals surface area contributed by atoms with Crippen LogP contribution in [0.2, 0.25) is 5.02 Å². The summed E-state index contributed by atoms with van der Waals surface area (Å²) in [7, 11) is 0. The van der Waals surface area contributed by atoms with Gasteiger partial charge in [0.05, 0.1) is 0 Å². The van der Waals surface area contributed by atoms with Gasteiger partial charge in [-0.1, -0.05) is 11.6 Å². The maximum Gasteiger partial charge on any atom is 0.267 e. The van der Waals surface area contributed by atoms with Gasteiger partial charge in [0.25, 0.3) is 5.91 Å². The van der Waals surface area contributed by atoms with E-state index < -0.39 is 5.91 Å². The lowest BCUT2D eigenvalue weighted by molar-refractivity contribution is -0.124. The van der Waals surface area contributed by atoms with Gasteiger partial charge >= 0.3 is 0 Å². The number of nitrogens with one attached hydrogen (secondary N) is 1. The second-order valence-electron chi connectivity index (χ2n) is 4.25. The Labute approximate surface area is 131 Å². The Bertz CT molecular complexity index is 729. The van der Waals surface area contributed by atoms with E-state index in [1.807, 2.05) is 0 Å². The van der Waals surface area contributed by atoms with E-state index >= 15 is 0 Å². The summed E-state index contributed by atoms with van der Waals surface area (Å²) >= 11 is 5.76. The van der Waals surface area contributed by atoms with Gasteiger partial charge in [0.15, 0.2) is 5.78 Å². The maximum atomic E-state index is 11.9. The summed E-state index contributed by atoms with van der Waals surface area (Å²) in [4.78, 5) is 22.8.